The van der Waals surface area contributed by atoms with Crippen molar-refractivity contribution in [1.82, 2.24) is 0 Å². The van der Waals surface area contributed by atoms with Gasteiger partial charge in [-0.05, 0) is 11.1 Å². The molecular weight excluding hydrogens is 248 g/mol. The number of aliphatic imine (C=N–C) groups is 1. The summed E-state index contributed by atoms with van der Waals surface area (Å²) in [6.45, 7) is 1.16. The van der Waals surface area contributed by atoms with Crippen molar-refractivity contribution in [1.29, 1.82) is 0 Å². The Morgan fingerprint density at radius 2 is 1.50 bits per heavy atom. The SMILES string of the molecule is COCCN=C(N)C(c1ccccc1)c1ccccc1. The van der Waals surface area contributed by atoms with Gasteiger partial charge in [0.15, 0.2) is 0 Å². The van der Waals surface area contributed by atoms with Crippen LogP contribution in [0.2, 0.25) is 0 Å². The van der Waals surface area contributed by atoms with E-state index >= 15 is 0 Å². The summed E-state index contributed by atoms with van der Waals surface area (Å²) in [5.41, 5.74) is 8.52. The fourth-order valence-electron chi connectivity index (χ4n) is 2.18. The first-order valence-corrected chi connectivity index (χ1v) is 6.71. The summed E-state index contributed by atoms with van der Waals surface area (Å²) in [6, 6.07) is 20.4. The maximum atomic E-state index is 6.22. The van der Waals surface area contributed by atoms with E-state index in [1.807, 2.05) is 36.4 Å². The third kappa shape index (κ3) is 3.68. The maximum Gasteiger partial charge on any atom is 0.106 e. The number of hydrogen-bond donors (Lipinski definition) is 1. The normalized spacial score (nSPS) is 11.8. The molecule has 3 nitrogen and oxygen atoms in total. The van der Waals surface area contributed by atoms with Gasteiger partial charge in [0.1, 0.15) is 5.84 Å². The van der Waals surface area contributed by atoms with E-state index < -0.39 is 0 Å². The van der Waals surface area contributed by atoms with Crippen molar-refractivity contribution in [2.75, 3.05) is 20.3 Å². The summed E-state index contributed by atoms with van der Waals surface area (Å²) in [5, 5.41) is 0. The van der Waals surface area contributed by atoms with Crippen LogP contribution in [0.5, 0.6) is 0 Å². The minimum atomic E-state index is -0.00532. The molecule has 3 heteroatoms. The quantitative estimate of drug-likeness (QED) is 0.497. The number of rotatable bonds is 6. The molecule has 2 rings (SSSR count). The highest BCUT2D eigenvalue weighted by Gasteiger charge is 2.17. The van der Waals surface area contributed by atoms with Crippen LogP contribution in [0.1, 0.15) is 17.0 Å². The molecule has 0 aromatic heterocycles. The molecule has 20 heavy (non-hydrogen) atoms. The number of methoxy groups -OCH3 is 1. The van der Waals surface area contributed by atoms with Crippen LogP contribution >= 0.6 is 0 Å². The average Bonchev–Trinajstić information content (AvgIpc) is 2.50. The van der Waals surface area contributed by atoms with E-state index in [1.54, 1.807) is 7.11 Å². The average molecular weight is 268 g/mol. The summed E-state index contributed by atoms with van der Waals surface area (Å²) in [5.74, 6) is 0.619. The van der Waals surface area contributed by atoms with Crippen molar-refractivity contribution >= 4 is 5.84 Å². The molecule has 0 saturated heterocycles. The molecule has 0 aliphatic carbocycles. The molecule has 0 amide bonds. The molecule has 2 aromatic rings. The number of ether oxygens (including phenoxy) is 1. The first-order chi connectivity index (χ1) is 9.83. The van der Waals surface area contributed by atoms with E-state index in [0.29, 0.717) is 19.0 Å². The van der Waals surface area contributed by atoms with Crippen LogP contribution in [0.3, 0.4) is 0 Å². The Labute approximate surface area is 120 Å². The molecule has 0 atom stereocenters. The van der Waals surface area contributed by atoms with Gasteiger partial charge in [-0.1, -0.05) is 60.7 Å². The van der Waals surface area contributed by atoms with Gasteiger partial charge in [0.25, 0.3) is 0 Å². The summed E-state index contributed by atoms with van der Waals surface area (Å²) < 4.78 is 5.02. The van der Waals surface area contributed by atoms with Crippen molar-refractivity contribution in [3.05, 3.63) is 71.8 Å². The number of hydrogen-bond acceptors (Lipinski definition) is 2. The summed E-state index contributed by atoms with van der Waals surface area (Å²) in [7, 11) is 1.66. The predicted octanol–water partition coefficient (Wildman–Crippen LogP) is 2.82. The van der Waals surface area contributed by atoms with E-state index in [0.717, 1.165) is 11.1 Å². The fourth-order valence-corrected chi connectivity index (χ4v) is 2.18. The van der Waals surface area contributed by atoms with Gasteiger partial charge in [-0.25, -0.2) is 0 Å². The Bertz CT molecular complexity index is 498. The summed E-state index contributed by atoms with van der Waals surface area (Å²) >= 11 is 0. The Hall–Kier alpha value is -2.13. The zero-order chi connectivity index (χ0) is 14.2. The highest BCUT2D eigenvalue weighted by atomic mass is 16.5. The van der Waals surface area contributed by atoms with Gasteiger partial charge >= 0.3 is 0 Å². The first-order valence-electron chi connectivity index (χ1n) is 6.71. The Morgan fingerprint density at radius 1 is 1.00 bits per heavy atom. The smallest absolute Gasteiger partial charge is 0.106 e. The molecule has 104 valence electrons. The van der Waals surface area contributed by atoms with Crippen LogP contribution in [0.4, 0.5) is 0 Å². The van der Waals surface area contributed by atoms with E-state index in [9.17, 15) is 0 Å². The lowest BCUT2D eigenvalue weighted by Crippen LogP contribution is -2.24. The van der Waals surface area contributed by atoms with E-state index in [4.69, 9.17) is 10.5 Å². The Kier molecular flexibility index (Phi) is 5.33. The number of benzene rings is 2. The summed E-state index contributed by atoms with van der Waals surface area (Å²) in [4.78, 5) is 4.44. The number of nitrogens with zero attached hydrogens (tertiary/aromatic N) is 1. The second kappa shape index (κ2) is 7.46. The van der Waals surface area contributed by atoms with Gasteiger partial charge in [-0.15, -0.1) is 0 Å². The molecule has 0 heterocycles. The maximum absolute atomic E-state index is 6.22. The number of amidine groups is 1. The molecule has 0 bridgehead atoms. The second-order valence-corrected chi connectivity index (χ2v) is 4.55. The largest absolute Gasteiger partial charge is 0.387 e. The zero-order valence-electron chi connectivity index (χ0n) is 11.7. The van der Waals surface area contributed by atoms with Gasteiger partial charge in [0, 0.05) is 7.11 Å². The third-order valence-corrected chi connectivity index (χ3v) is 3.15. The van der Waals surface area contributed by atoms with E-state index in [-0.39, 0.29) is 5.92 Å². The van der Waals surface area contributed by atoms with Crippen LogP contribution in [0.25, 0.3) is 0 Å². The molecular formula is C17H20N2O. The third-order valence-electron chi connectivity index (χ3n) is 3.15. The molecule has 0 radical (unpaired) electrons. The van der Waals surface area contributed by atoms with Crippen LogP contribution in [0, 0.1) is 0 Å². The molecule has 0 aliphatic rings. The molecule has 0 aliphatic heterocycles. The lowest BCUT2D eigenvalue weighted by Gasteiger charge is -2.17. The minimum Gasteiger partial charge on any atom is -0.387 e. The van der Waals surface area contributed by atoms with Gasteiger partial charge < -0.3 is 10.5 Å². The molecule has 0 unspecified atom stereocenters. The second-order valence-electron chi connectivity index (χ2n) is 4.55. The van der Waals surface area contributed by atoms with Crippen molar-refractivity contribution in [2.24, 2.45) is 10.7 Å². The van der Waals surface area contributed by atoms with Gasteiger partial charge in [0.05, 0.1) is 19.1 Å². The monoisotopic (exact) mass is 268 g/mol. The Morgan fingerprint density at radius 3 is 1.95 bits per heavy atom. The fraction of sp³-hybridized carbons (Fsp3) is 0.235. The van der Waals surface area contributed by atoms with Gasteiger partial charge in [-0.3, -0.25) is 4.99 Å². The van der Waals surface area contributed by atoms with Gasteiger partial charge in [0.2, 0.25) is 0 Å². The highest BCUT2D eigenvalue weighted by molar-refractivity contribution is 5.90. The lowest BCUT2D eigenvalue weighted by atomic mass is 9.90. The molecule has 2 N–H and O–H groups in total. The molecule has 0 spiro atoms. The Balaban J connectivity index is 2.33. The minimum absolute atomic E-state index is 0.00532. The van der Waals surface area contributed by atoms with Crippen molar-refractivity contribution in [3.8, 4) is 0 Å². The first kappa shape index (κ1) is 14.3. The summed E-state index contributed by atoms with van der Waals surface area (Å²) in [6.07, 6.45) is 0. The van der Waals surface area contributed by atoms with Crippen LogP contribution < -0.4 is 5.73 Å². The van der Waals surface area contributed by atoms with Crippen molar-refractivity contribution in [2.45, 2.75) is 5.92 Å². The molecule has 2 aromatic carbocycles. The van der Waals surface area contributed by atoms with E-state index in [1.165, 1.54) is 0 Å². The lowest BCUT2D eigenvalue weighted by molar-refractivity contribution is 0.208. The standard InChI is InChI=1S/C17H20N2O/c1-20-13-12-19-17(18)16(14-8-4-2-5-9-14)15-10-6-3-7-11-15/h2-11,16H,12-13H2,1H3,(H2,18,19). The number of nitrogens with two attached hydrogens (primary N) is 1. The zero-order valence-corrected chi connectivity index (χ0v) is 11.7. The topological polar surface area (TPSA) is 47.6 Å². The van der Waals surface area contributed by atoms with Crippen LogP contribution in [0.15, 0.2) is 65.7 Å². The van der Waals surface area contributed by atoms with E-state index in [2.05, 4.69) is 29.3 Å². The molecule has 0 saturated carbocycles. The van der Waals surface area contributed by atoms with Crippen LogP contribution in [-0.4, -0.2) is 26.1 Å². The van der Waals surface area contributed by atoms with Crippen molar-refractivity contribution < 1.29 is 4.74 Å². The van der Waals surface area contributed by atoms with Crippen molar-refractivity contribution in [3.63, 3.8) is 0 Å². The predicted molar refractivity (Wildman–Crippen MR) is 83.1 cm³/mol. The van der Waals surface area contributed by atoms with Crippen LogP contribution in [-0.2, 0) is 4.74 Å². The highest BCUT2D eigenvalue weighted by Crippen LogP contribution is 2.24. The van der Waals surface area contributed by atoms with Gasteiger partial charge in [-0.2, -0.15) is 0 Å². The molecule has 0 fully saturated rings.